The summed E-state index contributed by atoms with van der Waals surface area (Å²) >= 11 is 0. The van der Waals surface area contributed by atoms with Crippen molar-refractivity contribution in [3.05, 3.63) is 47.5 Å². The topological polar surface area (TPSA) is 96.6 Å². The predicted octanol–water partition coefficient (Wildman–Crippen LogP) is 2.66. The highest BCUT2D eigenvalue weighted by Crippen LogP contribution is 2.34. The van der Waals surface area contributed by atoms with Crippen molar-refractivity contribution >= 4 is 12.0 Å². The van der Waals surface area contributed by atoms with Crippen molar-refractivity contribution in [1.82, 2.24) is 20.2 Å². The number of nitrogens with zero attached hydrogens (tertiary/aromatic N) is 2. The molecule has 0 aliphatic carbocycles. The molecular formula is C21H28N4O4. The summed E-state index contributed by atoms with van der Waals surface area (Å²) < 4.78 is 10.1. The van der Waals surface area contributed by atoms with E-state index in [1.807, 2.05) is 38.1 Å². The number of carbonyl (C=O) groups is 2. The third-order valence-corrected chi connectivity index (χ3v) is 5.11. The van der Waals surface area contributed by atoms with Crippen LogP contribution in [-0.2, 0) is 16.0 Å². The number of amides is 2. The molecule has 0 unspecified atom stereocenters. The van der Waals surface area contributed by atoms with Crippen molar-refractivity contribution in [2.24, 2.45) is 5.92 Å². The Labute approximate surface area is 170 Å². The molecule has 1 aromatic heterocycles. The molecule has 8 nitrogen and oxygen atoms in total. The second kappa shape index (κ2) is 8.98. The Balaban J connectivity index is 1.89. The zero-order chi connectivity index (χ0) is 21.0. The molecular weight excluding hydrogens is 372 g/mol. The summed E-state index contributed by atoms with van der Waals surface area (Å²) in [6, 6.07) is 6.23. The Morgan fingerprint density at radius 2 is 2.00 bits per heavy atom. The van der Waals surface area contributed by atoms with Crippen LogP contribution in [-0.4, -0.2) is 53.7 Å². The van der Waals surface area contributed by atoms with E-state index in [0.29, 0.717) is 19.4 Å². The molecule has 3 rings (SSSR count). The van der Waals surface area contributed by atoms with Gasteiger partial charge in [0, 0.05) is 18.7 Å². The molecule has 0 radical (unpaired) electrons. The Hall–Kier alpha value is -3.03. The normalized spacial score (nSPS) is 16.9. The zero-order valence-corrected chi connectivity index (χ0v) is 17.3. The number of ether oxygens (including phenoxy) is 2. The molecule has 2 aromatic rings. The first-order chi connectivity index (χ1) is 13.9. The maximum atomic E-state index is 13.2. The van der Waals surface area contributed by atoms with Crippen LogP contribution >= 0.6 is 0 Å². The minimum absolute atomic E-state index is 0.232. The number of imidazole rings is 1. The lowest BCUT2D eigenvalue weighted by Gasteiger charge is -2.36. The fourth-order valence-electron chi connectivity index (χ4n) is 3.68. The lowest BCUT2D eigenvalue weighted by molar-refractivity contribution is -0.143. The van der Waals surface area contributed by atoms with Crippen molar-refractivity contribution in [1.29, 1.82) is 0 Å². The van der Waals surface area contributed by atoms with Crippen LogP contribution in [0.15, 0.2) is 30.6 Å². The predicted molar refractivity (Wildman–Crippen MR) is 108 cm³/mol. The fraction of sp³-hybridized carbons (Fsp3) is 0.476. The van der Waals surface area contributed by atoms with Gasteiger partial charge in [0.1, 0.15) is 17.8 Å². The standard InChI is InChI=1S/C21H28N4O4/c1-13(2)11-17(20(26)29-4)24-21(27)25-10-9-16-18(23-12-22-16)19(25)14-5-7-15(28-3)8-6-14/h5-8,12-13,17,19H,9-11H2,1-4H3,(H,22,23)(H,24,27)/t17-,19+/m0/s1. The van der Waals surface area contributed by atoms with Crippen molar-refractivity contribution < 1.29 is 19.1 Å². The van der Waals surface area contributed by atoms with E-state index in [0.717, 1.165) is 22.7 Å². The van der Waals surface area contributed by atoms with E-state index in [9.17, 15) is 9.59 Å². The summed E-state index contributed by atoms with van der Waals surface area (Å²) in [5, 5.41) is 2.86. The second-order valence-electron chi connectivity index (χ2n) is 7.54. The van der Waals surface area contributed by atoms with Crippen LogP contribution in [0.2, 0.25) is 0 Å². The van der Waals surface area contributed by atoms with Crippen molar-refractivity contribution in [3.8, 4) is 5.75 Å². The van der Waals surface area contributed by atoms with Crippen LogP contribution in [0.25, 0.3) is 0 Å². The van der Waals surface area contributed by atoms with Gasteiger partial charge in [-0.1, -0.05) is 26.0 Å². The molecule has 156 valence electrons. The van der Waals surface area contributed by atoms with Crippen LogP contribution in [0, 0.1) is 5.92 Å². The van der Waals surface area contributed by atoms with E-state index in [4.69, 9.17) is 9.47 Å². The number of hydrogen-bond acceptors (Lipinski definition) is 5. The monoisotopic (exact) mass is 400 g/mol. The van der Waals surface area contributed by atoms with Gasteiger partial charge in [0.25, 0.3) is 0 Å². The third-order valence-electron chi connectivity index (χ3n) is 5.11. The van der Waals surface area contributed by atoms with Crippen molar-refractivity contribution in [3.63, 3.8) is 0 Å². The van der Waals surface area contributed by atoms with Gasteiger partial charge < -0.3 is 24.7 Å². The zero-order valence-electron chi connectivity index (χ0n) is 17.3. The van der Waals surface area contributed by atoms with Crippen LogP contribution in [0.4, 0.5) is 4.79 Å². The largest absolute Gasteiger partial charge is 0.497 e. The van der Waals surface area contributed by atoms with Crippen molar-refractivity contribution in [2.45, 2.75) is 38.8 Å². The summed E-state index contributed by atoms with van der Waals surface area (Å²) in [6.45, 7) is 4.51. The number of urea groups is 1. The van der Waals surface area contributed by atoms with Crippen LogP contribution < -0.4 is 10.1 Å². The summed E-state index contributed by atoms with van der Waals surface area (Å²) in [5.74, 6) is 0.534. The van der Waals surface area contributed by atoms with E-state index in [-0.39, 0.29) is 18.0 Å². The Morgan fingerprint density at radius 3 is 2.62 bits per heavy atom. The van der Waals surface area contributed by atoms with E-state index in [2.05, 4.69) is 15.3 Å². The fourth-order valence-corrected chi connectivity index (χ4v) is 3.68. The molecule has 1 aliphatic heterocycles. The molecule has 2 N–H and O–H groups in total. The number of carbonyl (C=O) groups excluding carboxylic acids is 2. The molecule has 2 heterocycles. The lowest BCUT2D eigenvalue weighted by Crippen LogP contribution is -2.51. The number of nitrogens with one attached hydrogen (secondary N) is 2. The van der Waals surface area contributed by atoms with Crippen LogP contribution in [0.1, 0.15) is 43.3 Å². The van der Waals surface area contributed by atoms with Gasteiger partial charge in [0.15, 0.2) is 0 Å². The van der Waals surface area contributed by atoms with Gasteiger partial charge in [0.2, 0.25) is 0 Å². The van der Waals surface area contributed by atoms with Crippen LogP contribution in [0.5, 0.6) is 5.75 Å². The second-order valence-corrected chi connectivity index (χ2v) is 7.54. The first-order valence-corrected chi connectivity index (χ1v) is 9.75. The van der Waals surface area contributed by atoms with E-state index < -0.39 is 12.0 Å². The van der Waals surface area contributed by atoms with Gasteiger partial charge in [-0.2, -0.15) is 0 Å². The molecule has 0 saturated heterocycles. The van der Waals surface area contributed by atoms with Gasteiger partial charge in [-0.3, -0.25) is 0 Å². The molecule has 1 aromatic carbocycles. The molecule has 0 spiro atoms. The van der Waals surface area contributed by atoms with E-state index >= 15 is 0 Å². The molecule has 0 saturated carbocycles. The minimum atomic E-state index is -0.690. The van der Waals surface area contributed by atoms with Crippen molar-refractivity contribution in [2.75, 3.05) is 20.8 Å². The highest BCUT2D eigenvalue weighted by Gasteiger charge is 2.35. The molecule has 1 aliphatic rings. The molecule has 0 fully saturated rings. The number of hydrogen-bond donors (Lipinski definition) is 2. The number of esters is 1. The average molecular weight is 400 g/mol. The molecule has 2 amide bonds. The molecule has 2 atom stereocenters. The van der Waals surface area contributed by atoms with E-state index in [1.54, 1.807) is 18.3 Å². The Kier molecular flexibility index (Phi) is 6.41. The number of H-pyrrole nitrogens is 1. The molecule has 8 heteroatoms. The Bertz CT molecular complexity index is 847. The number of rotatable bonds is 6. The summed E-state index contributed by atoms with van der Waals surface area (Å²) in [5.41, 5.74) is 2.75. The maximum absolute atomic E-state index is 13.2. The smallest absolute Gasteiger partial charge is 0.328 e. The number of methoxy groups -OCH3 is 2. The molecule has 0 bridgehead atoms. The SMILES string of the molecule is COC(=O)[C@H](CC(C)C)NC(=O)N1CCc2[nH]cnc2[C@H]1c1ccc(OC)cc1. The molecule has 29 heavy (non-hydrogen) atoms. The maximum Gasteiger partial charge on any atom is 0.328 e. The number of benzene rings is 1. The summed E-state index contributed by atoms with van der Waals surface area (Å²) in [4.78, 5) is 34.7. The van der Waals surface area contributed by atoms with Gasteiger partial charge in [-0.05, 0) is 30.0 Å². The number of fused-ring (bicyclic) bond motifs is 1. The number of aromatic nitrogens is 2. The minimum Gasteiger partial charge on any atom is -0.497 e. The van der Waals surface area contributed by atoms with E-state index in [1.165, 1.54) is 7.11 Å². The van der Waals surface area contributed by atoms with Gasteiger partial charge in [-0.25, -0.2) is 14.6 Å². The Morgan fingerprint density at radius 1 is 1.28 bits per heavy atom. The van der Waals surface area contributed by atoms with Gasteiger partial charge in [0.05, 0.1) is 26.2 Å². The first-order valence-electron chi connectivity index (χ1n) is 9.75. The van der Waals surface area contributed by atoms with Gasteiger partial charge in [-0.15, -0.1) is 0 Å². The average Bonchev–Trinajstić information content (AvgIpc) is 3.20. The highest BCUT2D eigenvalue weighted by atomic mass is 16.5. The quantitative estimate of drug-likeness (QED) is 0.727. The third kappa shape index (κ3) is 4.52. The number of aromatic amines is 1. The summed E-state index contributed by atoms with van der Waals surface area (Å²) in [6.07, 6.45) is 2.83. The first kappa shape index (κ1) is 20.7. The summed E-state index contributed by atoms with van der Waals surface area (Å²) in [7, 11) is 2.95. The highest BCUT2D eigenvalue weighted by molar-refractivity contribution is 5.84. The van der Waals surface area contributed by atoms with Gasteiger partial charge >= 0.3 is 12.0 Å². The van der Waals surface area contributed by atoms with Crippen LogP contribution in [0.3, 0.4) is 0 Å². The lowest BCUT2D eigenvalue weighted by atomic mass is 9.95.